The van der Waals surface area contributed by atoms with Gasteiger partial charge in [-0.3, -0.25) is 9.78 Å². The number of carbonyl (C=O) groups is 2. The highest BCUT2D eigenvalue weighted by Gasteiger charge is 2.30. The van der Waals surface area contributed by atoms with Gasteiger partial charge in [-0.05, 0) is 48.0 Å². The van der Waals surface area contributed by atoms with Gasteiger partial charge in [0.05, 0.1) is 5.56 Å². The van der Waals surface area contributed by atoms with Crippen LogP contribution in [0.2, 0.25) is 0 Å². The molecule has 2 aromatic carbocycles. The fourth-order valence-electron chi connectivity index (χ4n) is 2.58. The minimum atomic E-state index is -4.51. The average molecular weight is 414 g/mol. The smallest absolute Gasteiger partial charge is 0.334 e. The maximum atomic E-state index is 12.8. The quantitative estimate of drug-likeness (QED) is 0.567. The predicted molar refractivity (Wildman–Crippen MR) is 106 cm³/mol. The Labute approximate surface area is 170 Å². The van der Waals surface area contributed by atoms with Gasteiger partial charge in [-0.15, -0.1) is 0 Å². The van der Waals surface area contributed by atoms with Gasteiger partial charge in [0.25, 0.3) is 5.91 Å². The Kier molecular flexibility index (Phi) is 6.31. The number of anilines is 2. The summed E-state index contributed by atoms with van der Waals surface area (Å²) in [5.41, 5.74) is 0.512. The molecule has 1 aromatic heterocycles. The molecule has 0 saturated carbocycles. The van der Waals surface area contributed by atoms with Gasteiger partial charge >= 0.3 is 12.2 Å². The van der Waals surface area contributed by atoms with Gasteiger partial charge in [-0.1, -0.05) is 18.2 Å². The molecule has 0 fully saturated rings. The van der Waals surface area contributed by atoms with Crippen molar-refractivity contribution in [1.29, 1.82) is 0 Å². The molecule has 0 unspecified atom stereocenters. The summed E-state index contributed by atoms with van der Waals surface area (Å²) in [4.78, 5) is 28.4. The number of benzene rings is 2. The minimum absolute atomic E-state index is 0.0161. The van der Waals surface area contributed by atoms with Crippen molar-refractivity contribution in [3.05, 3.63) is 89.7 Å². The zero-order valence-corrected chi connectivity index (χ0v) is 15.5. The van der Waals surface area contributed by atoms with Gasteiger partial charge in [0, 0.05) is 35.9 Å². The van der Waals surface area contributed by atoms with E-state index in [1.54, 1.807) is 30.6 Å². The summed E-state index contributed by atoms with van der Waals surface area (Å²) in [6, 6.07) is 13.5. The predicted octanol–water partition coefficient (Wildman–Crippen LogP) is 4.67. The first kappa shape index (κ1) is 20.8. The molecule has 0 atom stereocenters. The van der Waals surface area contributed by atoms with Gasteiger partial charge in [-0.25, -0.2) is 4.79 Å². The van der Waals surface area contributed by atoms with Crippen molar-refractivity contribution in [2.75, 3.05) is 10.6 Å². The van der Waals surface area contributed by atoms with E-state index in [4.69, 9.17) is 0 Å². The Balaban J connectivity index is 1.62. The third-order valence-corrected chi connectivity index (χ3v) is 4.01. The van der Waals surface area contributed by atoms with Crippen molar-refractivity contribution in [3.8, 4) is 0 Å². The highest BCUT2D eigenvalue weighted by Crippen LogP contribution is 2.30. The Morgan fingerprint density at radius 2 is 1.63 bits per heavy atom. The van der Waals surface area contributed by atoms with Crippen LogP contribution in [0.25, 0.3) is 0 Å². The van der Waals surface area contributed by atoms with Crippen molar-refractivity contribution >= 4 is 23.3 Å². The SMILES string of the molecule is O=C(NCc1cccnc1)Nc1cccc(C(=O)Nc2cccc(C(F)(F)F)c2)c1. The van der Waals surface area contributed by atoms with E-state index in [0.717, 1.165) is 17.7 Å². The molecule has 30 heavy (non-hydrogen) atoms. The summed E-state index contributed by atoms with van der Waals surface area (Å²) in [6.45, 7) is 0.273. The van der Waals surface area contributed by atoms with E-state index < -0.39 is 23.7 Å². The van der Waals surface area contributed by atoms with Crippen molar-refractivity contribution < 1.29 is 22.8 Å². The van der Waals surface area contributed by atoms with Crippen molar-refractivity contribution in [1.82, 2.24) is 10.3 Å². The molecule has 9 heteroatoms. The largest absolute Gasteiger partial charge is 0.416 e. The summed E-state index contributed by atoms with van der Waals surface area (Å²) in [5.74, 6) is -0.603. The molecule has 6 nitrogen and oxygen atoms in total. The number of hydrogen-bond donors (Lipinski definition) is 3. The van der Waals surface area contributed by atoms with Gasteiger partial charge in [0.15, 0.2) is 0 Å². The third-order valence-electron chi connectivity index (χ3n) is 4.01. The van der Waals surface area contributed by atoms with Crippen LogP contribution in [0.15, 0.2) is 73.1 Å². The second-order valence-electron chi connectivity index (χ2n) is 6.28. The first-order valence-electron chi connectivity index (χ1n) is 8.84. The standard InChI is InChI=1S/C21H17F3N4O2/c22-21(23,24)16-6-2-8-18(11-16)27-19(29)15-5-1-7-17(10-15)28-20(30)26-13-14-4-3-9-25-12-14/h1-12H,13H2,(H,27,29)(H2,26,28,30). The van der Waals surface area contributed by atoms with Crippen molar-refractivity contribution in [2.45, 2.75) is 12.7 Å². The number of halogens is 3. The van der Waals surface area contributed by atoms with Crippen LogP contribution in [-0.2, 0) is 12.7 Å². The monoisotopic (exact) mass is 414 g/mol. The van der Waals surface area contributed by atoms with Crippen LogP contribution in [-0.4, -0.2) is 16.9 Å². The molecule has 3 rings (SSSR count). The number of rotatable bonds is 5. The Bertz CT molecular complexity index is 1040. The van der Waals surface area contributed by atoms with E-state index in [-0.39, 0.29) is 17.8 Å². The van der Waals surface area contributed by atoms with Crippen LogP contribution in [0.1, 0.15) is 21.5 Å². The normalized spacial score (nSPS) is 10.9. The van der Waals surface area contributed by atoms with E-state index >= 15 is 0 Å². The molecule has 0 spiro atoms. The second-order valence-corrected chi connectivity index (χ2v) is 6.28. The van der Waals surface area contributed by atoms with E-state index in [0.29, 0.717) is 5.69 Å². The van der Waals surface area contributed by atoms with Crippen LogP contribution in [0, 0.1) is 0 Å². The number of nitrogens with zero attached hydrogens (tertiary/aromatic N) is 1. The number of urea groups is 1. The topological polar surface area (TPSA) is 83.1 Å². The lowest BCUT2D eigenvalue weighted by Crippen LogP contribution is -2.28. The number of alkyl halides is 3. The van der Waals surface area contributed by atoms with Crippen LogP contribution in [0.3, 0.4) is 0 Å². The summed E-state index contributed by atoms with van der Waals surface area (Å²) < 4.78 is 38.4. The zero-order chi connectivity index (χ0) is 21.6. The number of pyridine rings is 1. The van der Waals surface area contributed by atoms with E-state index in [1.807, 2.05) is 6.07 Å². The molecular formula is C21H17F3N4O2. The Morgan fingerprint density at radius 3 is 2.33 bits per heavy atom. The third kappa shape index (κ3) is 5.81. The summed E-state index contributed by atoms with van der Waals surface area (Å²) in [6.07, 6.45) is -1.26. The van der Waals surface area contributed by atoms with Gasteiger partial charge in [-0.2, -0.15) is 13.2 Å². The number of nitrogens with one attached hydrogen (secondary N) is 3. The number of aromatic nitrogens is 1. The maximum Gasteiger partial charge on any atom is 0.416 e. The summed E-state index contributed by atoms with van der Waals surface area (Å²) >= 11 is 0. The summed E-state index contributed by atoms with van der Waals surface area (Å²) in [5, 5.41) is 7.68. The Hall–Kier alpha value is -3.88. The van der Waals surface area contributed by atoms with Crippen molar-refractivity contribution in [3.63, 3.8) is 0 Å². The van der Waals surface area contributed by atoms with E-state index in [2.05, 4.69) is 20.9 Å². The molecule has 0 aliphatic heterocycles. The molecule has 154 valence electrons. The molecule has 0 bridgehead atoms. The fraction of sp³-hybridized carbons (Fsp3) is 0.0952. The highest BCUT2D eigenvalue weighted by atomic mass is 19.4. The van der Waals surface area contributed by atoms with E-state index in [1.165, 1.54) is 24.3 Å². The van der Waals surface area contributed by atoms with E-state index in [9.17, 15) is 22.8 Å². The van der Waals surface area contributed by atoms with Crippen LogP contribution in [0.5, 0.6) is 0 Å². The highest BCUT2D eigenvalue weighted by molar-refractivity contribution is 6.05. The minimum Gasteiger partial charge on any atom is -0.334 e. The van der Waals surface area contributed by atoms with Crippen molar-refractivity contribution in [2.24, 2.45) is 0 Å². The van der Waals surface area contributed by atoms with Crippen LogP contribution >= 0.6 is 0 Å². The van der Waals surface area contributed by atoms with Crippen LogP contribution < -0.4 is 16.0 Å². The molecule has 0 aliphatic rings. The number of carbonyl (C=O) groups excluding carboxylic acids is 2. The molecule has 3 N–H and O–H groups in total. The first-order valence-corrected chi connectivity index (χ1v) is 8.84. The molecule has 0 saturated heterocycles. The molecule has 1 heterocycles. The molecule has 3 aromatic rings. The zero-order valence-electron chi connectivity index (χ0n) is 15.5. The number of amides is 3. The van der Waals surface area contributed by atoms with Gasteiger partial charge in [0.1, 0.15) is 0 Å². The first-order chi connectivity index (χ1) is 14.3. The molecule has 0 aliphatic carbocycles. The van der Waals surface area contributed by atoms with Gasteiger partial charge < -0.3 is 16.0 Å². The summed E-state index contributed by atoms with van der Waals surface area (Å²) in [7, 11) is 0. The second kappa shape index (κ2) is 9.08. The fourth-order valence-corrected chi connectivity index (χ4v) is 2.58. The lowest BCUT2D eigenvalue weighted by molar-refractivity contribution is -0.137. The average Bonchev–Trinajstić information content (AvgIpc) is 2.73. The molecule has 3 amide bonds. The van der Waals surface area contributed by atoms with Crippen LogP contribution in [0.4, 0.5) is 29.3 Å². The molecular weight excluding hydrogens is 397 g/mol. The molecule has 0 radical (unpaired) electrons. The number of hydrogen-bond acceptors (Lipinski definition) is 3. The van der Waals surface area contributed by atoms with Gasteiger partial charge in [0.2, 0.25) is 0 Å². The Morgan fingerprint density at radius 1 is 0.900 bits per heavy atom. The maximum absolute atomic E-state index is 12.8. The lowest BCUT2D eigenvalue weighted by atomic mass is 10.1. The lowest BCUT2D eigenvalue weighted by Gasteiger charge is -2.11.